The lowest BCUT2D eigenvalue weighted by molar-refractivity contribution is 0.167. The Kier molecular flexibility index (Phi) is 5.44. The zero-order valence-corrected chi connectivity index (χ0v) is 12.5. The molecule has 1 aliphatic rings. The number of amides is 2. The Morgan fingerprint density at radius 1 is 1.33 bits per heavy atom. The molecule has 116 valence electrons. The van der Waals surface area contributed by atoms with Crippen LogP contribution in [-0.2, 0) is 0 Å². The van der Waals surface area contributed by atoms with E-state index >= 15 is 0 Å². The highest BCUT2D eigenvalue weighted by Crippen LogP contribution is 2.29. The number of anilines is 1. The maximum Gasteiger partial charge on any atom is 0.319 e. The molecule has 5 heteroatoms. The quantitative estimate of drug-likeness (QED) is 0.755. The van der Waals surface area contributed by atoms with Crippen molar-refractivity contribution in [1.82, 2.24) is 5.32 Å². The van der Waals surface area contributed by atoms with Gasteiger partial charge in [0.05, 0.1) is 24.4 Å². The van der Waals surface area contributed by atoms with Crippen LogP contribution < -0.4 is 15.4 Å². The fourth-order valence-corrected chi connectivity index (χ4v) is 2.68. The summed E-state index contributed by atoms with van der Waals surface area (Å²) >= 11 is 0. The van der Waals surface area contributed by atoms with E-state index in [0.717, 1.165) is 32.1 Å². The molecule has 2 rings (SSSR count). The first-order valence-electron chi connectivity index (χ1n) is 7.61. The Morgan fingerprint density at radius 3 is 2.71 bits per heavy atom. The standard InChI is InChI=1S/C16H24N2O3/c1-2-11-21-14-8-4-3-7-13(14)17-15(20)18-16(12-19)9-5-6-10-16/h3-4,7-8,19H,2,5-6,9-12H2,1H3,(H2,17,18,20). The van der Waals surface area contributed by atoms with E-state index in [9.17, 15) is 9.90 Å². The number of urea groups is 1. The predicted molar refractivity (Wildman–Crippen MR) is 82.7 cm³/mol. The number of aliphatic hydroxyl groups excluding tert-OH is 1. The molecular weight excluding hydrogens is 268 g/mol. The maximum atomic E-state index is 12.2. The average molecular weight is 292 g/mol. The summed E-state index contributed by atoms with van der Waals surface area (Å²) in [4.78, 5) is 12.2. The Hall–Kier alpha value is -1.75. The van der Waals surface area contributed by atoms with Gasteiger partial charge >= 0.3 is 6.03 Å². The number of para-hydroxylation sites is 2. The van der Waals surface area contributed by atoms with Crippen molar-refractivity contribution in [3.8, 4) is 5.75 Å². The summed E-state index contributed by atoms with van der Waals surface area (Å²) in [6, 6.07) is 7.08. The van der Waals surface area contributed by atoms with Crippen LogP contribution in [0.5, 0.6) is 5.75 Å². The Balaban J connectivity index is 1.99. The second-order valence-corrected chi connectivity index (χ2v) is 5.57. The molecule has 1 aliphatic carbocycles. The second-order valence-electron chi connectivity index (χ2n) is 5.57. The van der Waals surface area contributed by atoms with Crippen molar-refractivity contribution in [2.24, 2.45) is 0 Å². The van der Waals surface area contributed by atoms with Gasteiger partial charge in [-0.1, -0.05) is 31.9 Å². The SMILES string of the molecule is CCCOc1ccccc1NC(=O)NC1(CO)CCCC1. The summed E-state index contributed by atoms with van der Waals surface area (Å²) in [6.45, 7) is 2.63. The molecule has 2 amide bonds. The fraction of sp³-hybridized carbons (Fsp3) is 0.562. The monoisotopic (exact) mass is 292 g/mol. The summed E-state index contributed by atoms with van der Waals surface area (Å²) in [5.74, 6) is 0.666. The lowest BCUT2D eigenvalue weighted by Gasteiger charge is -2.28. The van der Waals surface area contributed by atoms with Crippen molar-refractivity contribution in [2.75, 3.05) is 18.5 Å². The van der Waals surface area contributed by atoms with E-state index < -0.39 is 5.54 Å². The zero-order valence-electron chi connectivity index (χ0n) is 12.5. The number of rotatable bonds is 6. The maximum absolute atomic E-state index is 12.2. The molecule has 0 spiro atoms. The number of carbonyl (C=O) groups is 1. The summed E-state index contributed by atoms with van der Waals surface area (Å²) < 4.78 is 5.62. The molecule has 1 saturated carbocycles. The van der Waals surface area contributed by atoms with Crippen LogP contribution >= 0.6 is 0 Å². The molecule has 0 atom stereocenters. The number of nitrogens with one attached hydrogen (secondary N) is 2. The Bertz CT molecular complexity index is 470. The van der Waals surface area contributed by atoms with Gasteiger partial charge in [-0.2, -0.15) is 0 Å². The molecule has 0 bridgehead atoms. The minimum absolute atomic E-state index is 0.0194. The van der Waals surface area contributed by atoms with E-state index in [-0.39, 0.29) is 12.6 Å². The average Bonchev–Trinajstić information content (AvgIpc) is 2.95. The van der Waals surface area contributed by atoms with Crippen molar-refractivity contribution < 1.29 is 14.6 Å². The Morgan fingerprint density at radius 2 is 2.05 bits per heavy atom. The highest BCUT2D eigenvalue weighted by molar-refractivity contribution is 5.91. The van der Waals surface area contributed by atoms with Crippen molar-refractivity contribution >= 4 is 11.7 Å². The van der Waals surface area contributed by atoms with Crippen LogP contribution in [-0.4, -0.2) is 29.9 Å². The van der Waals surface area contributed by atoms with E-state index in [1.54, 1.807) is 0 Å². The number of benzene rings is 1. The van der Waals surface area contributed by atoms with Gasteiger partial charge in [0.2, 0.25) is 0 Å². The molecule has 21 heavy (non-hydrogen) atoms. The van der Waals surface area contributed by atoms with Crippen LogP contribution in [0.25, 0.3) is 0 Å². The van der Waals surface area contributed by atoms with Gasteiger partial charge in [0.15, 0.2) is 0 Å². The number of aliphatic hydroxyl groups is 1. The van der Waals surface area contributed by atoms with Crippen LogP contribution in [0.3, 0.4) is 0 Å². The molecule has 1 aromatic rings. The third-order valence-electron chi connectivity index (χ3n) is 3.84. The topological polar surface area (TPSA) is 70.6 Å². The number of ether oxygens (including phenoxy) is 1. The number of carbonyl (C=O) groups excluding carboxylic acids is 1. The molecule has 0 aromatic heterocycles. The van der Waals surface area contributed by atoms with E-state index in [1.165, 1.54) is 0 Å². The smallest absolute Gasteiger partial charge is 0.319 e. The van der Waals surface area contributed by atoms with Crippen LogP contribution in [0.2, 0.25) is 0 Å². The van der Waals surface area contributed by atoms with Gasteiger partial charge in [-0.3, -0.25) is 0 Å². The molecule has 0 aliphatic heterocycles. The van der Waals surface area contributed by atoms with Crippen LogP contribution in [0.15, 0.2) is 24.3 Å². The minimum Gasteiger partial charge on any atom is -0.491 e. The molecule has 1 aromatic carbocycles. The second kappa shape index (κ2) is 7.31. The normalized spacial score (nSPS) is 16.5. The van der Waals surface area contributed by atoms with Gasteiger partial charge in [-0.15, -0.1) is 0 Å². The van der Waals surface area contributed by atoms with Crippen molar-refractivity contribution in [1.29, 1.82) is 0 Å². The molecular formula is C16H24N2O3. The first-order valence-corrected chi connectivity index (χ1v) is 7.61. The highest BCUT2D eigenvalue weighted by atomic mass is 16.5. The largest absolute Gasteiger partial charge is 0.491 e. The predicted octanol–water partition coefficient (Wildman–Crippen LogP) is 2.90. The highest BCUT2D eigenvalue weighted by Gasteiger charge is 2.34. The third-order valence-corrected chi connectivity index (χ3v) is 3.84. The van der Waals surface area contributed by atoms with Crippen molar-refractivity contribution in [3.63, 3.8) is 0 Å². The summed E-state index contributed by atoms with van der Waals surface area (Å²) in [5, 5.41) is 15.3. The van der Waals surface area contributed by atoms with Gasteiger partial charge in [0.1, 0.15) is 5.75 Å². The minimum atomic E-state index is -0.469. The first-order chi connectivity index (χ1) is 10.2. The molecule has 0 heterocycles. The summed E-state index contributed by atoms with van der Waals surface area (Å²) in [5.41, 5.74) is 0.179. The van der Waals surface area contributed by atoms with Gasteiger partial charge in [0, 0.05) is 0 Å². The molecule has 0 saturated heterocycles. The van der Waals surface area contributed by atoms with E-state index in [1.807, 2.05) is 31.2 Å². The lowest BCUT2D eigenvalue weighted by Crippen LogP contribution is -2.50. The molecule has 5 nitrogen and oxygen atoms in total. The van der Waals surface area contributed by atoms with Crippen LogP contribution in [0, 0.1) is 0 Å². The lowest BCUT2D eigenvalue weighted by atomic mass is 9.99. The molecule has 3 N–H and O–H groups in total. The van der Waals surface area contributed by atoms with Crippen LogP contribution in [0.4, 0.5) is 10.5 Å². The van der Waals surface area contributed by atoms with Gasteiger partial charge < -0.3 is 20.5 Å². The van der Waals surface area contributed by atoms with Crippen molar-refractivity contribution in [3.05, 3.63) is 24.3 Å². The third kappa shape index (κ3) is 4.11. The van der Waals surface area contributed by atoms with Crippen LogP contribution in [0.1, 0.15) is 39.0 Å². The first kappa shape index (κ1) is 15.6. The summed E-state index contributed by atoms with van der Waals surface area (Å²) in [6.07, 6.45) is 4.64. The number of hydrogen-bond donors (Lipinski definition) is 3. The number of hydrogen-bond acceptors (Lipinski definition) is 3. The zero-order chi connectivity index (χ0) is 15.1. The summed E-state index contributed by atoms with van der Waals surface area (Å²) in [7, 11) is 0. The molecule has 0 radical (unpaired) electrons. The van der Waals surface area contributed by atoms with Gasteiger partial charge in [-0.05, 0) is 31.4 Å². The molecule has 1 fully saturated rings. The van der Waals surface area contributed by atoms with E-state index in [0.29, 0.717) is 18.0 Å². The Labute approximate surface area is 125 Å². The van der Waals surface area contributed by atoms with Gasteiger partial charge in [0.25, 0.3) is 0 Å². The van der Waals surface area contributed by atoms with Crippen molar-refractivity contribution in [2.45, 2.75) is 44.6 Å². The molecule has 0 unspecified atom stereocenters. The van der Waals surface area contributed by atoms with E-state index in [4.69, 9.17) is 4.74 Å². The van der Waals surface area contributed by atoms with E-state index in [2.05, 4.69) is 10.6 Å². The van der Waals surface area contributed by atoms with Gasteiger partial charge in [-0.25, -0.2) is 4.79 Å². The fourth-order valence-electron chi connectivity index (χ4n) is 2.68.